The van der Waals surface area contributed by atoms with E-state index >= 15 is 0 Å². The Balaban J connectivity index is 1.77. The molecule has 0 unspecified atom stereocenters. The average molecular weight is 293 g/mol. The van der Waals surface area contributed by atoms with Crippen LogP contribution in [0.25, 0.3) is 34.0 Å². The molecule has 0 saturated heterocycles. The van der Waals surface area contributed by atoms with Gasteiger partial charge < -0.3 is 4.52 Å². The Labute approximate surface area is 124 Å². The molecule has 0 aliphatic carbocycles. The molecule has 0 aliphatic rings. The van der Waals surface area contributed by atoms with Gasteiger partial charge in [0.2, 0.25) is 5.82 Å². The number of nitrogens with zero attached hydrogens (tertiary/aromatic N) is 7. The third-order valence-electron chi connectivity index (χ3n) is 3.28. The van der Waals surface area contributed by atoms with Crippen LogP contribution in [0, 0.1) is 0 Å². The van der Waals surface area contributed by atoms with Gasteiger partial charge in [-0.25, -0.2) is 9.67 Å². The lowest BCUT2D eigenvalue weighted by molar-refractivity contribution is 0.431. The lowest BCUT2D eigenvalue weighted by Crippen LogP contribution is -1.96. The molecular weight excluding hydrogens is 282 g/mol. The van der Waals surface area contributed by atoms with E-state index in [1.807, 2.05) is 29.8 Å². The first-order valence-corrected chi connectivity index (χ1v) is 6.79. The van der Waals surface area contributed by atoms with Crippen LogP contribution in [0.1, 0.15) is 6.92 Å². The normalized spacial score (nSPS) is 11.1. The van der Waals surface area contributed by atoms with Gasteiger partial charge in [0.05, 0.1) is 11.7 Å². The van der Waals surface area contributed by atoms with E-state index in [1.54, 1.807) is 18.6 Å². The molecule has 0 N–H and O–H groups in total. The van der Waals surface area contributed by atoms with Crippen LogP contribution in [0.15, 0.2) is 41.3 Å². The third kappa shape index (κ3) is 2.01. The summed E-state index contributed by atoms with van der Waals surface area (Å²) in [6, 6.07) is 5.73. The number of hydrogen-bond acceptors (Lipinski definition) is 7. The summed E-state index contributed by atoms with van der Waals surface area (Å²) < 4.78 is 7.08. The van der Waals surface area contributed by atoms with E-state index in [9.17, 15) is 0 Å². The minimum Gasteiger partial charge on any atom is -0.332 e. The maximum absolute atomic E-state index is 5.25. The van der Waals surface area contributed by atoms with Gasteiger partial charge in [0.1, 0.15) is 11.2 Å². The van der Waals surface area contributed by atoms with Crippen LogP contribution in [-0.4, -0.2) is 35.1 Å². The summed E-state index contributed by atoms with van der Waals surface area (Å²) in [4.78, 5) is 12.5. The van der Waals surface area contributed by atoms with Crippen molar-refractivity contribution in [2.75, 3.05) is 0 Å². The van der Waals surface area contributed by atoms with Crippen LogP contribution < -0.4 is 0 Å². The molecular formula is C14H11N7O. The van der Waals surface area contributed by atoms with Gasteiger partial charge in [-0.05, 0) is 25.1 Å². The van der Waals surface area contributed by atoms with Crippen LogP contribution in [0.5, 0.6) is 0 Å². The zero-order chi connectivity index (χ0) is 14.9. The Morgan fingerprint density at radius 3 is 3.00 bits per heavy atom. The van der Waals surface area contributed by atoms with E-state index in [0.29, 0.717) is 17.4 Å². The van der Waals surface area contributed by atoms with E-state index in [-0.39, 0.29) is 0 Å². The quantitative estimate of drug-likeness (QED) is 0.569. The molecule has 0 fully saturated rings. The Hall–Kier alpha value is -3.16. The molecule has 0 saturated carbocycles. The molecule has 0 bridgehead atoms. The van der Waals surface area contributed by atoms with Gasteiger partial charge in [0.15, 0.2) is 0 Å². The van der Waals surface area contributed by atoms with Gasteiger partial charge in [0, 0.05) is 24.5 Å². The zero-order valence-corrected chi connectivity index (χ0v) is 11.7. The van der Waals surface area contributed by atoms with E-state index in [2.05, 4.69) is 30.4 Å². The second-order valence-corrected chi connectivity index (χ2v) is 4.62. The summed E-state index contributed by atoms with van der Waals surface area (Å²) in [5, 5.41) is 12.2. The largest absolute Gasteiger partial charge is 0.332 e. The van der Waals surface area contributed by atoms with Gasteiger partial charge >= 0.3 is 0 Å². The summed E-state index contributed by atoms with van der Waals surface area (Å²) in [6.07, 6.45) is 4.75. The highest BCUT2D eigenvalue weighted by atomic mass is 16.5. The number of aromatic nitrogens is 7. The highest BCUT2D eigenvalue weighted by Crippen LogP contribution is 2.23. The molecule has 3 aromatic heterocycles. The second kappa shape index (κ2) is 4.99. The summed E-state index contributed by atoms with van der Waals surface area (Å²) in [5.74, 6) is 0.830. The minimum atomic E-state index is 0.338. The summed E-state index contributed by atoms with van der Waals surface area (Å²) >= 11 is 0. The highest BCUT2D eigenvalue weighted by molar-refractivity contribution is 5.80. The smallest absolute Gasteiger partial charge is 0.278 e. The van der Waals surface area contributed by atoms with Crippen molar-refractivity contribution in [1.29, 1.82) is 0 Å². The van der Waals surface area contributed by atoms with Gasteiger partial charge in [-0.2, -0.15) is 4.98 Å². The van der Waals surface area contributed by atoms with Crippen molar-refractivity contribution in [3.8, 4) is 23.0 Å². The minimum absolute atomic E-state index is 0.338. The van der Waals surface area contributed by atoms with Crippen molar-refractivity contribution in [3.63, 3.8) is 0 Å². The fourth-order valence-electron chi connectivity index (χ4n) is 2.19. The van der Waals surface area contributed by atoms with Crippen molar-refractivity contribution in [2.24, 2.45) is 0 Å². The van der Waals surface area contributed by atoms with Crippen molar-refractivity contribution < 1.29 is 4.52 Å². The van der Waals surface area contributed by atoms with Crippen molar-refractivity contribution >= 4 is 11.0 Å². The van der Waals surface area contributed by atoms with Crippen LogP contribution in [0.3, 0.4) is 0 Å². The van der Waals surface area contributed by atoms with Crippen LogP contribution in [0.4, 0.5) is 0 Å². The average Bonchev–Trinajstić information content (AvgIpc) is 3.22. The van der Waals surface area contributed by atoms with Crippen LogP contribution >= 0.6 is 0 Å². The molecule has 0 spiro atoms. The Bertz CT molecular complexity index is 929. The molecule has 3 heterocycles. The number of benzene rings is 1. The molecule has 4 rings (SSSR count). The predicted octanol–water partition coefficient (Wildman–Crippen LogP) is 1.96. The SMILES string of the molecule is CCn1nnc2ccc(-c3noc(-c4cnccn4)n3)cc21. The summed E-state index contributed by atoms with van der Waals surface area (Å²) in [5.41, 5.74) is 3.15. The number of fused-ring (bicyclic) bond motifs is 1. The Morgan fingerprint density at radius 2 is 2.18 bits per heavy atom. The molecule has 108 valence electrons. The molecule has 8 nitrogen and oxygen atoms in total. The first-order chi connectivity index (χ1) is 10.8. The molecule has 0 radical (unpaired) electrons. The van der Waals surface area contributed by atoms with Gasteiger partial charge in [-0.15, -0.1) is 5.10 Å². The molecule has 0 aliphatic heterocycles. The summed E-state index contributed by atoms with van der Waals surface area (Å²) in [6.45, 7) is 2.76. The van der Waals surface area contributed by atoms with Gasteiger partial charge in [-0.3, -0.25) is 4.98 Å². The molecule has 1 aromatic carbocycles. The van der Waals surface area contributed by atoms with E-state index in [0.717, 1.165) is 23.1 Å². The number of aryl methyl sites for hydroxylation is 1. The first-order valence-electron chi connectivity index (χ1n) is 6.79. The van der Waals surface area contributed by atoms with Gasteiger partial charge in [-0.1, -0.05) is 10.4 Å². The van der Waals surface area contributed by atoms with E-state index in [1.165, 1.54) is 0 Å². The molecule has 8 heteroatoms. The number of hydrogen-bond donors (Lipinski definition) is 0. The third-order valence-corrected chi connectivity index (χ3v) is 3.28. The fraction of sp³-hybridized carbons (Fsp3) is 0.143. The van der Waals surface area contributed by atoms with E-state index < -0.39 is 0 Å². The van der Waals surface area contributed by atoms with E-state index in [4.69, 9.17) is 4.52 Å². The fourth-order valence-corrected chi connectivity index (χ4v) is 2.19. The predicted molar refractivity (Wildman–Crippen MR) is 77.5 cm³/mol. The summed E-state index contributed by atoms with van der Waals surface area (Å²) in [7, 11) is 0. The number of rotatable bonds is 3. The zero-order valence-electron chi connectivity index (χ0n) is 11.7. The van der Waals surface area contributed by atoms with Gasteiger partial charge in [0.25, 0.3) is 5.89 Å². The Kier molecular flexibility index (Phi) is 2.85. The van der Waals surface area contributed by atoms with Crippen molar-refractivity contribution in [3.05, 3.63) is 36.8 Å². The van der Waals surface area contributed by atoms with Crippen LogP contribution in [0.2, 0.25) is 0 Å². The van der Waals surface area contributed by atoms with Crippen molar-refractivity contribution in [1.82, 2.24) is 35.1 Å². The molecule has 4 aromatic rings. The monoisotopic (exact) mass is 293 g/mol. The second-order valence-electron chi connectivity index (χ2n) is 4.62. The lowest BCUT2D eigenvalue weighted by Gasteiger charge is -1.98. The topological polar surface area (TPSA) is 95.4 Å². The lowest BCUT2D eigenvalue weighted by atomic mass is 10.2. The highest BCUT2D eigenvalue weighted by Gasteiger charge is 2.13. The molecule has 22 heavy (non-hydrogen) atoms. The standard InChI is InChI=1S/C14H11N7O/c1-2-21-12-7-9(3-4-10(12)18-20-21)13-17-14(22-19-13)11-8-15-5-6-16-11/h3-8H,2H2,1H3. The van der Waals surface area contributed by atoms with Crippen molar-refractivity contribution in [2.45, 2.75) is 13.5 Å². The first kappa shape index (κ1) is 12.6. The maximum atomic E-state index is 5.25. The Morgan fingerprint density at radius 1 is 1.23 bits per heavy atom. The maximum Gasteiger partial charge on any atom is 0.278 e. The molecule has 0 amide bonds. The molecule has 0 atom stereocenters. The van der Waals surface area contributed by atoms with Crippen LogP contribution in [-0.2, 0) is 6.54 Å².